The molecule has 2 atom stereocenters. The summed E-state index contributed by atoms with van der Waals surface area (Å²) < 4.78 is 0. The first kappa shape index (κ1) is 20.4. The Morgan fingerprint density at radius 1 is 1.20 bits per heavy atom. The molecule has 0 saturated carbocycles. The summed E-state index contributed by atoms with van der Waals surface area (Å²) in [5, 5.41) is 2.13. The molecular formula is C20H35N3OS. The van der Waals surface area contributed by atoms with Crippen LogP contribution in [0.15, 0.2) is 17.5 Å². The number of carbonyl (C=O) groups is 1. The van der Waals surface area contributed by atoms with Crippen molar-refractivity contribution in [1.29, 1.82) is 0 Å². The molecule has 5 heteroatoms. The fourth-order valence-corrected chi connectivity index (χ4v) is 4.51. The van der Waals surface area contributed by atoms with Crippen molar-refractivity contribution in [3.63, 3.8) is 0 Å². The van der Waals surface area contributed by atoms with Crippen LogP contribution in [0.25, 0.3) is 0 Å². The van der Waals surface area contributed by atoms with E-state index in [2.05, 4.69) is 60.2 Å². The maximum Gasteiger partial charge on any atom is 0.222 e. The third-order valence-corrected chi connectivity index (χ3v) is 6.06. The van der Waals surface area contributed by atoms with Gasteiger partial charge in [0.25, 0.3) is 0 Å². The van der Waals surface area contributed by atoms with E-state index < -0.39 is 0 Å². The fraction of sp³-hybridized carbons (Fsp3) is 0.750. The van der Waals surface area contributed by atoms with E-state index in [4.69, 9.17) is 0 Å². The lowest BCUT2D eigenvalue weighted by Crippen LogP contribution is -2.58. The Kier molecular flexibility index (Phi) is 8.40. The highest BCUT2D eigenvalue weighted by Gasteiger charge is 2.30. The second kappa shape index (κ2) is 10.3. The largest absolute Gasteiger partial charge is 0.340 e. The molecule has 1 aromatic rings. The van der Waals surface area contributed by atoms with E-state index in [9.17, 15) is 4.79 Å². The predicted octanol–water partition coefficient (Wildman–Crippen LogP) is 3.33. The maximum atomic E-state index is 12.6. The van der Waals surface area contributed by atoms with Crippen molar-refractivity contribution in [2.75, 3.05) is 40.3 Å². The summed E-state index contributed by atoms with van der Waals surface area (Å²) in [7, 11) is 4.25. The molecule has 0 bridgehead atoms. The molecular weight excluding hydrogens is 330 g/mol. The van der Waals surface area contributed by atoms with E-state index in [1.54, 1.807) is 0 Å². The Morgan fingerprint density at radius 3 is 2.52 bits per heavy atom. The van der Waals surface area contributed by atoms with Crippen LogP contribution < -0.4 is 0 Å². The van der Waals surface area contributed by atoms with E-state index in [0.29, 0.717) is 24.4 Å². The van der Waals surface area contributed by atoms with Crippen molar-refractivity contribution >= 4 is 17.2 Å². The van der Waals surface area contributed by atoms with Crippen molar-refractivity contribution in [3.8, 4) is 0 Å². The van der Waals surface area contributed by atoms with E-state index in [-0.39, 0.29) is 0 Å². The topological polar surface area (TPSA) is 26.8 Å². The summed E-state index contributed by atoms with van der Waals surface area (Å²) in [6, 6.07) is 5.21. The van der Waals surface area contributed by atoms with Crippen molar-refractivity contribution in [2.24, 2.45) is 0 Å². The monoisotopic (exact) mass is 365 g/mol. The van der Waals surface area contributed by atoms with Crippen LogP contribution in [0.4, 0.5) is 0 Å². The second-order valence-corrected chi connectivity index (χ2v) is 8.71. The zero-order chi connectivity index (χ0) is 18.2. The molecule has 142 valence electrons. The number of nitrogens with zero attached hydrogens (tertiary/aromatic N) is 3. The van der Waals surface area contributed by atoms with E-state index >= 15 is 0 Å². The lowest BCUT2D eigenvalue weighted by Gasteiger charge is -2.44. The summed E-state index contributed by atoms with van der Waals surface area (Å²) >= 11 is 1.81. The third-order valence-electron chi connectivity index (χ3n) is 5.12. The van der Waals surface area contributed by atoms with Gasteiger partial charge in [0.1, 0.15) is 0 Å². The van der Waals surface area contributed by atoms with Gasteiger partial charge < -0.3 is 9.80 Å². The highest BCUT2D eigenvalue weighted by atomic mass is 32.1. The molecule has 1 aliphatic heterocycles. The summed E-state index contributed by atoms with van der Waals surface area (Å²) in [4.78, 5) is 20.9. The van der Waals surface area contributed by atoms with Gasteiger partial charge in [-0.05, 0) is 71.6 Å². The molecule has 0 N–H and O–H groups in total. The van der Waals surface area contributed by atoms with Crippen LogP contribution in [-0.2, 0) is 11.2 Å². The van der Waals surface area contributed by atoms with Crippen molar-refractivity contribution in [2.45, 2.75) is 58.0 Å². The van der Waals surface area contributed by atoms with Crippen LogP contribution in [0, 0.1) is 0 Å². The quantitative estimate of drug-likeness (QED) is 0.628. The van der Waals surface area contributed by atoms with Gasteiger partial charge in [0.15, 0.2) is 0 Å². The number of hydrogen-bond acceptors (Lipinski definition) is 4. The van der Waals surface area contributed by atoms with Crippen LogP contribution in [0.1, 0.15) is 44.4 Å². The van der Waals surface area contributed by atoms with Gasteiger partial charge in [0, 0.05) is 43.0 Å². The van der Waals surface area contributed by atoms with Crippen molar-refractivity contribution < 1.29 is 4.79 Å². The molecule has 0 aliphatic carbocycles. The Bertz CT molecular complexity index is 491. The molecule has 1 aromatic heterocycles. The van der Waals surface area contributed by atoms with E-state index in [1.807, 2.05) is 11.3 Å². The van der Waals surface area contributed by atoms with Gasteiger partial charge in [-0.2, -0.15) is 0 Å². The molecule has 25 heavy (non-hydrogen) atoms. The number of thiophene rings is 1. The smallest absolute Gasteiger partial charge is 0.222 e. The van der Waals surface area contributed by atoms with E-state index in [1.165, 1.54) is 11.3 Å². The summed E-state index contributed by atoms with van der Waals surface area (Å²) in [5.74, 6) is 0.345. The number of amides is 1. The van der Waals surface area contributed by atoms with Gasteiger partial charge in [-0.15, -0.1) is 11.3 Å². The number of rotatable bonds is 9. The van der Waals surface area contributed by atoms with Crippen LogP contribution in [0.3, 0.4) is 0 Å². The molecule has 1 amide bonds. The zero-order valence-corrected chi connectivity index (χ0v) is 17.2. The number of hydrogen-bond donors (Lipinski definition) is 0. The first-order valence-corrected chi connectivity index (χ1v) is 10.6. The number of carbonyl (C=O) groups excluding carboxylic acids is 1. The second-order valence-electron chi connectivity index (χ2n) is 7.68. The molecule has 2 heterocycles. The molecule has 1 aliphatic rings. The standard InChI is InChI=1S/C20H35N3OS/c1-17-15-22(16-18(2)23(17)13-8-12-21(3)4)20(24)11-6-5-9-19-10-7-14-25-19/h7,10,14,17-18H,5-6,8-9,11-13,15-16H2,1-4H3. The van der Waals surface area contributed by atoms with Gasteiger partial charge in [-0.3, -0.25) is 9.69 Å². The number of piperazine rings is 1. The molecule has 1 saturated heterocycles. The summed E-state index contributed by atoms with van der Waals surface area (Å²) in [5.41, 5.74) is 0. The van der Waals surface area contributed by atoms with Gasteiger partial charge in [0.2, 0.25) is 5.91 Å². The number of unbranched alkanes of at least 4 members (excludes halogenated alkanes) is 1. The maximum absolute atomic E-state index is 12.6. The van der Waals surface area contributed by atoms with Crippen LogP contribution in [0.2, 0.25) is 0 Å². The predicted molar refractivity (Wildman–Crippen MR) is 107 cm³/mol. The molecule has 0 spiro atoms. The Balaban J connectivity index is 1.69. The van der Waals surface area contributed by atoms with Gasteiger partial charge in [-0.1, -0.05) is 6.07 Å². The molecule has 0 radical (unpaired) electrons. The minimum Gasteiger partial charge on any atom is -0.340 e. The average molecular weight is 366 g/mol. The third kappa shape index (κ3) is 6.72. The van der Waals surface area contributed by atoms with Crippen molar-refractivity contribution in [3.05, 3.63) is 22.4 Å². The number of aryl methyl sites for hydroxylation is 1. The minimum atomic E-state index is 0.345. The SMILES string of the molecule is CC1CN(C(=O)CCCCc2cccs2)CC(C)N1CCCN(C)C. The van der Waals surface area contributed by atoms with E-state index in [0.717, 1.165) is 45.4 Å². The van der Waals surface area contributed by atoms with Gasteiger partial charge >= 0.3 is 0 Å². The molecule has 2 rings (SSSR count). The lowest BCUT2D eigenvalue weighted by molar-refractivity contribution is -0.135. The fourth-order valence-electron chi connectivity index (χ4n) is 3.76. The summed E-state index contributed by atoms with van der Waals surface area (Å²) in [6.07, 6.45) is 5.12. The first-order chi connectivity index (χ1) is 12.0. The lowest BCUT2D eigenvalue weighted by atomic mass is 10.1. The van der Waals surface area contributed by atoms with Crippen LogP contribution in [0.5, 0.6) is 0 Å². The minimum absolute atomic E-state index is 0.345. The highest BCUT2D eigenvalue weighted by Crippen LogP contribution is 2.18. The Labute approximate surface area is 157 Å². The van der Waals surface area contributed by atoms with Crippen LogP contribution in [-0.4, -0.2) is 73.0 Å². The van der Waals surface area contributed by atoms with Crippen molar-refractivity contribution in [1.82, 2.24) is 14.7 Å². The van der Waals surface area contributed by atoms with Crippen LogP contribution >= 0.6 is 11.3 Å². The molecule has 2 unspecified atom stereocenters. The van der Waals surface area contributed by atoms with Gasteiger partial charge in [-0.25, -0.2) is 0 Å². The Hall–Kier alpha value is -0.910. The molecule has 1 fully saturated rings. The Morgan fingerprint density at radius 2 is 1.92 bits per heavy atom. The zero-order valence-electron chi connectivity index (χ0n) is 16.4. The highest BCUT2D eigenvalue weighted by molar-refractivity contribution is 7.09. The average Bonchev–Trinajstić information content (AvgIpc) is 3.06. The first-order valence-electron chi connectivity index (χ1n) is 9.68. The normalized spacial score (nSPS) is 21.9. The molecule has 0 aromatic carbocycles. The summed E-state index contributed by atoms with van der Waals surface area (Å²) in [6.45, 7) is 8.56. The van der Waals surface area contributed by atoms with Gasteiger partial charge in [0.05, 0.1) is 0 Å². The molecule has 4 nitrogen and oxygen atoms in total.